The molecule has 1 saturated heterocycles. The normalized spacial score (nSPS) is 24.7. The van der Waals surface area contributed by atoms with Gasteiger partial charge in [0.05, 0.1) is 29.8 Å². The summed E-state index contributed by atoms with van der Waals surface area (Å²) in [5.74, 6) is 0.671. The van der Waals surface area contributed by atoms with Gasteiger partial charge in [0.25, 0.3) is 0 Å². The minimum absolute atomic E-state index is 0.0129. The molecule has 0 bridgehead atoms. The van der Waals surface area contributed by atoms with Gasteiger partial charge in [-0.1, -0.05) is 0 Å². The van der Waals surface area contributed by atoms with Crippen LogP contribution in [0.2, 0.25) is 0 Å². The van der Waals surface area contributed by atoms with Crippen molar-refractivity contribution >= 4 is 10.0 Å². The van der Waals surface area contributed by atoms with E-state index in [0.717, 1.165) is 57.7 Å². The van der Waals surface area contributed by atoms with E-state index in [2.05, 4.69) is 28.6 Å². The Balaban J connectivity index is 1.61. The van der Waals surface area contributed by atoms with Gasteiger partial charge in [-0.2, -0.15) is 5.10 Å². The van der Waals surface area contributed by atoms with E-state index in [-0.39, 0.29) is 12.1 Å². The van der Waals surface area contributed by atoms with Gasteiger partial charge < -0.3 is 4.74 Å². The van der Waals surface area contributed by atoms with Crippen molar-refractivity contribution in [3.05, 3.63) is 17.5 Å². The van der Waals surface area contributed by atoms with E-state index >= 15 is 0 Å². The molecule has 1 N–H and O–H groups in total. The SMILES string of the molecule is CC1(C)C[C@H](CN2CCCn3nc(CNS(C)(=O)=O)cc3C2)CCO1. The van der Waals surface area contributed by atoms with E-state index in [9.17, 15) is 8.42 Å². The van der Waals surface area contributed by atoms with Gasteiger partial charge in [0.1, 0.15) is 0 Å². The molecule has 0 aromatic carbocycles. The summed E-state index contributed by atoms with van der Waals surface area (Å²) in [6.45, 7) is 9.41. The second-order valence-corrected chi connectivity index (χ2v) is 9.83. The molecule has 2 aliphatic rings. The highest BCUT2D eigenvalue weighted by atomic mass is 32.2. The van der Waals surface area contributed by atoms with Crippen molar-refractivity contribution in [2.24, 2.45) is 5.92 Å². The first-order valence-corrected chi connectivity index (χ1v) is 11.0. The van der Waals surface area contributed by atoms with E-state index in [1.807, 2.05) is 10.7 Å². The van der Waals surface area contributed by atoms with Gasteiger partial charge in [0.2, 0.25) is 10.0 Å². The first-order chi connectivity index (χ1) is 11.7. The summed E-state index contributed by atoms with van der Waals surface area (Å²) < 4.78 is 32.9. The van der Waals surface area contributed by atoms with Gasteiger partial charge in [0, 0.05) is 32.8 Å². The van der Waals surface area contributed by atoms with Crippen LogP contribution in [-0.2, 0) is 34.4 Å². The van der Waals surface area contributed by atoms with E-state index in [4.69, 9.17) is 4.74 Å². The minimum atomic E-state index is -3.19. The zero-order valence-corrected chi connectivity index (χ0v) is 16.3. The Bertz CT molecular complexity index is 699. The molecule has 1 atom stereocenters. The highest BCUT2D eigenvalue weighted by Gasteiger charge is 2.30. The molecular formula is C17H30N4O3S. The Morgan fingerprint density at radius 3 is 2.92 bits per heavy atom. The largest absolute Gasteiger partial charge is 0.376 e. The number of sulfonamides is 1. The van der Waals surface area contributed by atoms with E-state index in [0.29, 0.717) is 5.92 Å². The molecule has 0 radical (unpaired) electrons. The van der Waals surface area contributed by atoms with Crippen LogP contribution in [0.4, 0.5) is 0 Å². The fraction of sp³-hybridized carbons (Fsp3) is 0.824. The summed E-state index contributed by atoms with van der Waals surface area (Å²) in [6.07, 6.45) is 4.47. The number of nitrogens with zero attached hydrogens (tertiary/aromatic N) is 3. The van der Waals surface area contributed by atoms with Crippen LogP contribution in [-0.4, -0.2) is 54.7 Å². The van der Waals surface area contributed by atoms with Crippen molar-refractivity contribution in [3.8, 4) is 0 Å². The Hall–Kier alpha value is -0.960. The van der Waals surface area contributed by atoms with E-state index in [1.165, 1.54) is 11.9 Å². The van der Waals surface area contributed by atoms with Gasteiger partial charge in [-0.3, -0.25) is 9.58 Å². The molecule has 7 nitrogen and oxygen atoms in total. The van der Waals surface area contributed by atoms with Crippen molar-refractivity contribution < 1.29 is 13.2 Å². The zero-order chi connectivity index (χ0) is 18.1. The number of aryl methyl sites for hydroxylation is 1. The van der Waals surface area contributed by atoms with Gasteiger partial charge in [-0.05, 0) is 45.1 Å². The average Bonchev–Trinajstić information content (AvgIpc) is 2.76. The smallest absolute Gasteiger partial charge is 0.209 e. The third-order valence-corrected chi connectivity index (χ3v) is 5.64. The standard InChI is InChI=1S/C17H30N4O3S/c1-17(2)10-14(5-8-24-17)12-20-6-4-7-21-16(13-20)9-15(19-21)11-18-25(3,22)23/h9,14,18H,4-8,10-13H2,1-3H3/t14-/m1/s1. The molecule has 3 heterocycles. The van der Waals surface area contributed by atoms with Crippen molar-refractivity contribution in [2.75, 3.05) is 26.0 Å². The molecular weight excluding hydrogens is 340 g/mol. The predicted molar refractivity (Wildman–Crippen MR) is 96.6 cm³/mol. The maximum atomic E-state index is 11.3. The summed E-state index contributed by atoms with van der Waals surface area (Å²) in [5.41, 5.74) is 1.95. The molecule has 2 aliphatic heterocycles. The summed E-state index contributed by atoms with van der Waals surface area (Å²) in [6, 6.07) is 2.03. The Morgan fingerprint density at radius 2 is 2.20 bits per heavy atom. The average molecular weight is 371 g/mol. The molecule has 1 aromatic heterocycles. The lowest BCUT2D eigenvalue weighted by molar-refractivity contribution is -0.0770. The fourth-order valence-electron chi connectivity index (χ4n) is 3.91. The minimum Gasteiger partial charge on any atom is -0.376 e. The van der Waals surface area contributed by atoms with Crippen LogP contribution in [0.1, 0.15) is 44.5 Å². The summed E-state index contributed by atoms with van der Waals surface area (Å²) in [5, 5.41) is 4.56. The molecule has 0 unspecified atom stereocenters. The van der Waals surface area contributed by atoms with Crippen LogP contribution in [0, 0.1) is 5.92 Å². The van der Waals surface area contributed by atoms with Crippen LogP contribution >= 0.6 is 0 Å². The third kappa shape index (κ3) is 5.51. The van der Waals surface area contributed by atoms with Crippen LogP contribution < -0.4 is 4.72 Å². The molecule has 0 aliphatic carbocycles. The topological polar surface area (TPSA) is 76.5 Å². The molecule has 25 heavy (non-hydrogen) atoms. The molecule has 8 heteroatoms. The van der Waals surface area contributed by atoms with Crippen LogP contribution in [0.3, 0.4) is 0 Å². The van der Waals surface area contributed by atoms with Gasteiger partial charge in [0.15, 0.2) is 0 Å². The highest BCUT2D eigenvalue weighted by Crippen LogP contribution is 2.29. The number of hydrogen-bond acceptors (Lipinski definition) is 5. The summed E-state index contributed by atoms with van der Waals surface area (Å²) in [4.78, 5) is 2.51. The molecule has 3 rings (SSSR count). The lowest BCUT2D eigenvalue weighted by atomic mass is 9.88. The number of hydrogen-bond donors (Lipinski definition) is 1. The number of nitrogens with one attached hydrogen (secondary N) is 1. The predicted octanol–water partition coefficient (Wildman–Crippen LogP) is 1.34. The Kier molecular flexibility index (Phi) is 5.53. The lowest BCUT2D eigenvalue weighted by Gasteiger charge is -2.37. The van der Waals surface area contributed by atoms with Crippen molar-refractivity contribution in [1.82, 2.24) is 19.4 Å². The Labute approximate surface area is 150 Å². The molecule has 0 amide bonds. The second kappa shape index (κ2) is 7.34. The van der Waals surface area contributed by atoms with Crippen molar-refractivity contribution in [1.29, 1.82) is 0 Å². The molecule has 0 spiro atoms. The second-order valence-electron chi connectivity index (χ2n) is 8.00. The maximum Gasteiger partial charge on any atom is 0.209 e. The van der Waals surface area contributed by atoms with Gasteiger partial charge in [-0.25, -0.2) is 13.1 Å². The molecule has 142 valence electrons. The monoisotopic (exact) mass is 370 g/mol. The molecule has 1 aromatic rings. The highest BCUT2D eigenvalue weighted by molar-refractivity contribution is 7.88. The fourth-order valence-corrected chi connectivity index (χ4v) is 4.32. The van der Waals surface area contributed by atoms with Crippen molar-refractivity contribution in [2.45, 2.75) is 58.3 Å². The Morgan fingerprint density at radius 1 is 1.40 bits per heavy atom. The first kappa shape index (κ1) is 18.8. The van der Waals surface area contributed by atoms with Crippen molar-refractivity contribution in [3.63, 3.8) is 0 Å². The molecule has 0 saturated carbocycles. The number of ether oxygens (including phenoxy) is 1. The number of aromatic nitrogens is 2. The zero-order valence-electron chi connectivity index (χ0n) is 15.5. The van der Waals surface area contributed by atoms with Crippen LogP contribution in [0.5, 0.6) is 0 Å². The van der Waals surface area contributed by atoms with Gasteiger partial charge in [-0.15, -0.1) is 0 Å². The van der Waals surface area contributed by atoms with E-state index < -0.39 is 10.0 Å². The lowest BCUT2D eigenvalue weighted by Crippen LogP contribution is -2.39. The maximum absolute atomic E-state index is 11.3. The van der Waals surface area contributed by atoms with E-state index in [1.54, 1.807) is 0 Å². The summed E-state index contributed by atoms with van der Waals surface area (Å²) in [7, 11) is -3.19. The van der Waals surface area contributed by atoms with Crippen LogP contribution in [0.25, 0.3) is 0 Å². The van der Waals surface area contributed by atoms with Gasteiger partial charge >= 0.3 is 0 Å². The number of fused-ring (bicyclic) bond motifs is 1. The van der Waals surface area contributed by atoms with Crippen LogP contribution in [0.15, 0.2) is 6.07 Å². The first-order valence-electron chi connectivity index (χ1n) is 9.07. The third-order valence-electron chi connectivity index (χ3n) is 4.97. The summed E-state index contributed by atoms with van der Waals surface area (Å²) >= 11 is 0. The quantitative estimate of drug-likeness (QED) is 0.846. The molecule has 1 fully saturated rings. The number of rotatable bonds is 5.